The molecule has 1 aliphatic heterocycles. The lowest BCUT2D eigenvalue weighted by molar-refractivity contribution is -0.143. The summed E-state index contributed by atoms with van der Waals surface area (Å²) in [6.07, 6.45) is 4.02. The Morgan fingerprint density at radius 3 is 3.00 bits per heavy atom. The first-order chi connectivity index (χ1) is 11.6. The van der Waals surface area contributed by atoms with Gasteiger partial charge < -0.3 is 9.64 Å². The second-order valence-corrected chi connectivity index (χ2v) is 6.99. The average Bonchev–Trinajstić information content (AvgIpc) is 3.07. The highest BCUT2D eigenvalue weighted by Crippen LogP contribution is 2.31. The summed E-state index contributed by atoms with van der Waals surface area (Å²) in [7, 11) is 0. The number of rotatable bonds is 2. The van der Waals surface area contributed by atoms with Crippen molar-refractivity contribution >= 4 is 16.8 Å². The number of para-hydroxylation sites is 1. The third-order valence-corrected chi connectivity index (χ3v) is 5.62. The maximum Gasteiger partial charge on any atom is 0.227 e. The van der Waals surface area contributed by atoms with E-state index in [1.807, 2.05) is 25.1 Å². The monoisotopic (exact) mass is 324 g/mol. The topological polar surface area (TPSA) is 42.4 Å². The lowest BCUT2D eigenvalue weighted by Gasteiger charge is -2.38. The van der Waals surface area contributed by atoms with Crippen molar-refractivity contribution in [2.75, 3.05) is 13.2 Å². The van der Waals surface area contributed by atoms with E-state index in [-0.39, 0.29) is 18.1 Å². The molecule has 1 aliphatic carbocycles. The Hall–Kier alpha value is -1.94. The van der Waals surface area contributed by atoms with Crippen LogP contribution in [0.15, 0.2) is 24.3 Å². The number of carbonyl (C=O) groups excluding carboxylic acids is 1. The molecular weight excluding hydrogens is 300 g/mol. The second kappa shape index (κ2) is 6.17. The summed E-state index contributed by atoms with van der Waals surface area (Å²) in [4.78, 5) is 19.8. The number of aryl methyl sites for hydroxylation is 2. The molecule has 24 heavy (non-hydrogen) atoms. The molecule has 1 aromatic carbocycles. The van der Waals surface area contributed by atoms with E-state index in [1.54, 1.807) is 0 Å². The van der Waals surface area contributed by atoms with Gasteiger partial charge in [-0.05, 0) is 50.3 Å². The molecule has 0 bridgehead atoms. The quantitative estimate of drug-likeness (QED) is 0.852. The van der Waals surface area contributed by atoms with Gasteiger partial charge in [0.2, 0.25) is 5.91 Å². The van der Waals surface area contributed by atoms with Gasteiger partial charge in [-0.2, -0.15) is 0 Å². The van der Waals surface area contributed by atoms with E-state index in [1.165, 1.54) is 5.56 Å². The lowest BCUT2D eigenvalue weighted by atomic mass is 9.98. The Bertz CT molecular complexity index is 787. The van der Waals surface area contributed by atoms with E-state index >= 15 is 0 Å². The molecule has 1 saturated carbocycles. The number of hydrogen-bond acceptors (Lipinski definition) is 3. The molecule has 4 nitrogen and oxygen atoms in total. The zero-order valence-electron chi connectivity index (χ0n) is 14.4. The number of hydrogen-bond donors (Lipinski definition) is 0. The normalized spacial score (nSPS) is 23.5. The van der Waals surface area contributed by atoms with Crippen LogP contribution >= 0.6 is 0 Å². The van der Waals surface area contributed by atoms with Gasteiger partial charge in [-0.1, -0.05) is 18.2 Å². The predicted molar refractivity (Wildman–Crippen MR) is 94.0 cm³/mol. The number of aromatic nitrogens is 1. The zero-order chi connectivity index (χ0) is 16.7. The fraction of sp³-hybridized carbons (Fsp3) is 0.500. The van der Waals surface area contributed by atoms with Gasteiger partial charge in [-0.3, -0.25) is 9.78 Å². The molecule has 2 aromatic rings. The highest BCUT2D eigenvalue weighted by Gasteiger charge is 2.38. The molecule has 2 heterocycles. The zero-order valence-corrected chi connectivity index (χ0v) is 14.4. The van der Waals surface area contributed by atoms with Crippen LogP contribution in [0.5, 0.6) is 0 Å². The van der Waals surface area contributed by atoms with E-state index in [0.29, 0.717) is 13.0 Å². The van der Waals surface area contributed by atoms with Crippen LogP contribution in [0.25, 0.3) is 10.9 Å². The van der Waals surface area contributed by atoms with Crippen LogP contribution < -0.4 is 0 Å². The lowest BCUT2D eigenvalue weighted by Crippen LogP contribution is -2.51. The molecular formula is C20H24N2O2. The summed E-state index contributed by atoms with van der Waals surface area (Å²) in [6.45, 7) is 5.51. The molecule has 1 amide bonds. The van der Waals surface area contributed by atoms with Gasteiger partial charge in [-0.25, -0.2) is 0 Å². The van der Waals surface area contributed by atoms with Crippen LogP contribution in [0.2, 0.25) is 0 Å². The molecule has 0 spiro atoms. The van der Waals surface area contributed by atoms with Gasteiger partial charge in [0.25, 0.3) is 0 Å². The van der Waals surface area contributed by atoms with Gasteiger partial charge in [-0.15, -0.1) is 0 Å². The number of nitrogens with zero attached hydrogens (tertiary/aromatic N) is 2. The number of pyridine rings is 1. The summed E-state index contributed by atoms with van der Waals surface area (Å²) in [5, 5.41) is 1.15. The second-order valence-electron chi connectivity index (χ2n) is 6.99. The standard InChI is InChI=1S/C20H24N2O2/c1-13-15-6-3-4-7-17(15)21-14(2)16(13)12-20(23)22-10-11-24-19-9-5-8-18(19)22/h3-4,6-7,18-19H,5,8-12H2,1-2H3/t18-,19-/m1/s1. The molecule has 2 fully saturated rings. The number of ether oxygens (including phenoxy) is 1. The molecule has 0 unspecified atom stereocenters. The Morgan fingerprint density at radius 1 is 1.29 bits per heavy atom. The van der Waals surface area contributed by atoms with Crippen LogP contribution in [0.1, 0.15) is 36.1 Å². The van der Waals surface area contributed by atoms with Crippen molar-refractivity contribution in [2.24, 2.45) is 0 Å². The predicted octanol–water partition coefficient (Wildman–Crippen LogP) is 3.17. The van der Waals surface area contributed by atoms with Crippen LogP contribution in [-0.4, -0.2) is 41.1 Å². The molecule has 2 atom stereocenters. The molecule has 0 N–H and O–H groups in total. The number of fused-ring (bicyclic) bond motifs is 2. The molecule has 4 rings (SSSR count). The Balaban J connectivity index is 1.63. The fourth-order valence-electron chi connectivity index (χ4n) is 4.32. The van der Waals surface area contributed by atoms with Crippen molar-refractivity contribution < 1.29 is 9.53 Å². The molecule has 4 heteroatoms. The number of amides is 1. The Labute approximate surface area is 142 Å². The Morgan fingerprint density at radius 2 is 2.12 bits per heavy atom. The van der Waals surface area contributed by atoms with Crippen molar-refractivity contribution in [1.29, 1.82) is 0 Å². The minimum absolute atomic E-state index is 0.221. The van der Waals surface area contributed by atoms with Crippen molar-refractivity contribution in [2.45, 2.75) is 51.7 Å². The van der Waals surface area contributed by atoms with E-state index in [2.05, 4.69) is 17.9 Å². The maximum atomic E-state index is 13.0. The largest absolute Gasteiger partial charge is 0.374 e. The first-order valence-corrected chi connectivity index (χ1v) is 8.91. The fourth-order valence-corrected chi connectivity index (χ4v) is 4.32. The highest BCUT2D eigenvalue weighted by molar-refractivity contribution is 5.86. The van der Waals surface area contributed by atoms with Crippen LogP contribution in [0.3, 0.4) is 0 Å². The number of carbonyl (C=O) groups is 1. The molecule has 1 aromatic heterocycles. The van der Waals surface area contributed by atoms with Crippen molar-refractivity contribution in [3.8, 4) is 0 Å². The Kier molecular flexibility index (Phi) is 4.01. The number of morpholine rings is 1. The maximum absolute atomic E-state index is 13.0. The first-order valence-electron chi connectivity index (χ1n) is 8.91. The van der Waals surface area contributed by atoms with Gasteiger partial charge >= 0.3 is 0 Å². The van der Waals surface area contributed by atoms with Crippen LogP contribution in [0, 0.1) is 13.8 Å². The van der Waals surface area contributed by atoms with Crippen LogP contribution in [0.4, 0.5) is 0 Å². The molecule has 1 saturated heterocycles. The summed E-state index contributed by atoms with van der Waals surface area (Å²) in [5.74, 6) is 0.221. The third-order valence-electron chi connectivity index (χ3n) is 5.62. The average molecular weight is 324 g/mol. The van der Waals surface area contributed by atoms with E-state index in [0.717, 1.165) is 48.0 Å². The van der Waals surface area contributed by atoms with Crippen molar-refractivity contribution in [1.82, 2.24) is 9.88 Å². The van der Waals surface area contributed by atoms with Crippen molar-refractivity contribution in [3.05, 3.63) is 41.1 Å². The summed E-state index contributed by atoms with van der Waals surface area (Å²) >= 11 is 0. The minimum Gasteiger partial charge on any atom is -0.374 e. The van der Waals surface area contributed by atoms with Gasteiger partial charge in [0.05, 0.1) is 30.7 Å². The molecule has 2 aliphatic rings. The van der Waals surface area contributed by atoms with Crippen LogP contribution in [-0.2, 0) is 16.0 Å². The third kappa shape index (κ3) is 2.59. The number of benzene rings is 1. The SMILES string of the molecule is Cc1nc2ccccc2c(C)c1CC(=O)N1CCO[C@@H]2CCC[C@H]21. The van der Waals surface area contributed by atoms with Gasteiger partial charge in [0.1, 0.15) is 0 Å². The van der Waals surface area contributed by atoms with E-state index in [9.17, 15) is 4.79 Å². The van der Waals surface area contributed by atoms with Gasteiger partial charge in [0.15, 0.2) is 0 Å². The summed E-state index contributed by atoms with van der Waals surface area (Å²) in [5.41, 5.74) is 4.24. The van der Waals surface area contributed by atoms with Gasteiger partial charge in [0, 0.05) is 17.6 Å². The molecule has 126 valence electrons. The molecule has 0 radical (unpaired) electrons. The van der Waals surface area contributed by atoms with E-state index < -0.39 is 0 Å². The van der Waals surface area contributed by atoms with E-state index in [4.69, 9.17) is 9.72 Å². The smallest absolute Gasteiger partial charge is 0.227 e. The highest BCUT2D eigenvalue weighted by atomic mass is 16.5. The van der Waals surface area contributed by atoms with Crippen molar-refractivity contribution in [3.63, 3.8) is 0 Å². The minimum atomic E-state index is 0.221. The summed E-state index contributed by atoms with van der Waals surface area (Å²) in [6, 6.07) is 8.44. The summed E-state index contributed by atoms with van der Waals surface area (Å²) < 4.78 is 5.83. The first kappa shape index (κ1) is 15.6.